The number of Topliss-reactive ketones (excluding diaryl/α,β-unsaturated/α-hetero) is 1. The minimum absolute atomic E-state index is 0.0451. The molecule has 7 heteroatoms. The van der Waals surface area contributed by atoms with Crippen LogP contribution in [0.25, 0.3) is 0 Å². The molecule has 0 radical (unpaired) electrons. The van der Waals surface area contributed by atoms with Crippen LogP contribution in [0, 0.1) is 11.6 Å². The molecule has 4 nitrogen and oxygen atoms in total. The van der Waals surface area contributed by atoms with E-state index in [0.29, 0.717) is 0 Å². The molecule has 0 aromatic heterocycles. The largest absolute Gasteiger partial charge is 0.444 e. The highest BCUT2D eigenvalue weighted by Gasteiger charge is 2.35. The second kappa shape index (κ2) is 5.56. The topological polar surface area (TPSA) is 69.4 Å². The summed E-state index contributed by atoms with van der Waals surface area (Å²) in [5, 5.41) is -0.638. The first kappa shape index (κ1) is 13.8. The second-order valence-electron chi connectivity index (χ2n) is 4.12. The van der Waals surface area contributed by atoms with Gasteiger partial charge in [0, 0.05) is 12.0 Å². The third-order valence-corrected chi connectivity index (χ3v) is 4.13. The number of benzene rings is 1. The summed E-state index contributed by atoms with van der Waals surface area (Å²) in [5.74, 6) is -1.15. The zero-order valence-corrected chi connectivity index (χ0v) is 10.6. The number of halogens is 2. The number of rotatable bonds is 2. The molecule has 19 heavy (non-hydrogen) atoms. The Bertz CT molecular complexity index is 522. The highest BCUT2D eigenvalue weighted by atomic mass is 32.2. The molecule has 102 valence electrons. The molecule has 2 unspecified atom stereocenters. The molecule has 1 aliphatic heterocycles. The number of ether oxygens (including phenoxy) is 1. The Hall–Kier alpha value is -1.63. The van der Waals surface area contributed by atoms with Gasteiger partial charge in [-0.2, -0.15) is 0 Å². The molecule has 1 amide bonds. The number of hydrogen-bond acceptors (Lipinski definition) is 4. The summed E-state index contributed by atoms with van der Waals surface area (Å²) in [5.41, 5.74) is 5.00. The minimum Gasteiger partial charge on any atom is -0.444 e. The molecule has 2 rings (SSSR count). The first-order valence-corrected chi connectivity index (χ1v) is 6.56. The Labute approximate surface area is 112 Å². The summed E-state index contributed by atoms with van der Waals surface area (Å²) in [4.78, 5) is 22.2. The fraction of sp³-hybridized carbons (Fsp3) is 0.333. The van der Waals surface area contributed by atoms with Crippen molar-refractivity contribution in [3.05, 3.63) is 35.4 Å². The minimum atomic E-state index is -1.04. The average molecular weight is 287 g/mol. The van der Waals surface area contributed by atoms with Crippen molar-refractivity contribution < 1.29 is 23.1 Å². The number of primary amides is 1. The lowest BCUT2D eigenvalue weighted by Crippen LogP contribution is -2.34. The maximum Gasteiger partial charge on any atom is 0.404 e. The summed E-state index contributed by atoms with van der Waals surface area (Å²) in [7, 11) is 0. The van der Waals surface area contributed by atoms with Crippen molar-refractivity contribution in [1.82, 2.24) is 0 Å². The van der Waals surface area contributed by atoms with E-state index in [2.05, 4.69) is 0 Å². The van der Waals surface area contributed by atoms with Crippen LogP contribution in [0.2, 0.25) is 0 Å². The van der Waals surface area contributed by atoms with Crippen LogP contribution in [0.1, 0.15) is 17.2 Å². The Morgan fingerprint density at radius 2 is 2.16 bits per heavy atom. The van der Waals surface area contributed by atoms with Crippen LogP contribution in [0.5, 0.6) is 0 Å². The van der Waals surface area contributed by atoms with Gasteiger partial charge in [-0.25, -0.2) is 13.6 Å². The fourth-order valence-corrected chi connectivity index (χ4v) is 3.17. The first-order chi connectivity index (χ1) is 8.97. The van der Waals surface area contributed by atoms with Crippen LogP contribution in [0.4, 0.5) is 13.6 Å². The molecule has 1 aromatic rings. The van der Waals surface area contributed by atoms with Gasteiger partial charge in [-0.3, -0.25) is 4.79 Å². The van der Waals surface area contributed by atoms with E-state index in [1.807, 2.05) is 0 Å². The average Bonchev–Trinajstić information content (AvgIpc) is 2.32. The third kappa shape index (κ3) is 3.23. The van der Waals surface area contributed by atoms with Crippen molar-refractivity contribution in [2.75, 3.05) is 5.75 Å². The summed E-state index contributed by atoms with van der Waals surface area (Å²) in [6.45, 7) is 0. The van der Waals surface area contributed by atoms with E-state index in [0.717, 1.165) is 30.0 Å². The number of ketones is 1. The normalized spacial score (nSPS) is 23.2. The van der Waals surface area contributed by atoms with Crippen LogP contribution in [-0.2, 0) is 9.53 Å². The molecule has 0 aliphatic carbocycles. The van der Waals surface area contributed by atoms with E-state index in [1.165, 1.54) is 0 Å². The molecule has 1 heterocycles. The number of nitrogens with two attached hydrogens (primary N) is 1. The monoisotopic (exact) mass is 287 g/mol. The highest BCUT2D eigenvalue weighted by molar-refractivity contribution is 8.00. The second-order valence-corrected chi connectivity index (χ2v) is 5.25. The molecule has 2 atom stereocenters. The van der Waals surface area contributed by atoms with Gasteiger partial charge >= 0.3 is 6.09 Å². The molecule has 0 spiro atoms. The van der Waals surface area contributed by atoms with Crippen molar-refractivity contribution in [2.45, 2.75) is 17.8 Å². The summed E-state index contributed by atoms with van der Waals surface area (Å²) >= 11 is 1.11. The van der Waals surface area contributed by atoms with Gasteiger partial charge in [0.05, 0.1) is 11.0 Å². The SMILES string of the molecule is NC(=O)OC1CC(=O)CSC1c1cc(F)ccc1F. The van der Waals surface area contributed by atoms with Crippen molar-refractivity contribution in [2.24, 2.45) is 5.73 Å². The molecule has 1 fully saturated rings. The number of hydrogen-bond donors (Lipinski definition) is 1. The van der Waals surface area contributed by atoms with Gasteiger partial charge in [-0.1, -0.05) is 0 Å². The van der Waals surface area contributed by atoms with Crippen LogP contribution >= 0.6 is 11.8 Å². The Morgan fingerprint density at radius 1 is 1.42 bits per heavy atom. The lowest BCUT2D eigenvalue weighted by atomic mass is 10.0. The van der Waals surface area contributed by atoms with Crippen LogP contribution in [0.3, 0.4) is 0 Å². The highest BCUT2D eigenvalue weighted by Crippen LogP contribution is 2.40. The van der Waals surface area contributed by atoms with Crippen molar-refractivity contribution in [1.29, 1.82) is 0 Å². The lowest BCUT2D eigenvalue weighted by molar-refractivity contribution is -0.118. The number of amides is 1. The van der Waals surface area contributed by atoms with Gasteiger partial charge in [0.1, 0.15) is 23.5 Å². The molecular formula is C12H11F2NO3S. The van der Waals surface area contributed by atoms with Gasteiger partial charge in [0.25, 0.3) is 0 Å². The smallest absolute Gasteiger partial charge is 0.404 e. The molecule has 1 aromatic carbocycles. The molecule has 0 saturated carbocycles. The maximum atomic E-state index is 13.7. The fourth-order valence-electron chi connectivity index (χ4n) is 1.96. The van der Waals surface area contributed by atoms with Gasteiger partial charge in [0.15, 0.2) is 0 Å². The van der Waals surface area contributed by atoms with Crippen LogP contribution in [0.15, 0.2) is 18.2 Å². The zero-order valence-electron chi connectivity index (χ0n) is 9.77. The summed E-state index contributed by atoms with van der Waals surface area (Å²) in [6, 6.07) is 3.05. The van der Waals surface area contributed by atoms with E-state index in [9.17, 15) is 18.4 Å². The summed E-state index contributed by atoms with van der Waals surface area (Å²) < 4.78 is 31.8. The quantitative estimate of drug-likeness (QED) is 0.905. The van der Waals surface area contributed by atoms with E-state index < -0.39 is 29.1 Å². The number of carbonyl (C=O) groups excluding carboxylic acids is 2. The van der Waals surface area contributed by atoms with E-state index in [4.69, 9.17) is 10.5 Å². The Kier molecular flexibility index (Phi) is 4.04. The molecular weight excluding hydrogens is 276 g/mol. The van der Waals surface area contributed by atoms with Gasteiger partial charge < -0.3 is 10.5 Å². The van der Waals surface area contributed by atoms with Crippen molar-refractivity contribution >= 4 is 23.6 Å². The van der Waals surface area contributed by atoms with Crippen molar-refractivity contribution in [3.8, 4) is 0 Å². The standard InChI is InChI=1S/C12H11F2NO3S/c13-6-1-2-9(14)8(3-6)11-10(18-12(15)17)4-7(16)5-19-11/h1-3,10-11H,4-5H2,(H2,15,17). The van der Waals surface area contributed by atoms with Gasteiger partial charge in [-0.05, 0) is 18.2 Å². The first-order valence-electron chi connectivity index (χ1n) is 5.51. The third-order valence-electron chi connectivity index (χ3n) is 2.72. The van der Waals surface area contributed by atoms with E-state index in [1.54, 1.807) is 0 Å². The van der Waals surface area contributed by atoms with Crippen LogP contribution < -0.4 is 5.73 Å². The van der Waals surface area contributed by atoms with Crippen LogP contribution in [-0.4, -0.2) is 23.7 Å². The molecule has 2 N–H and O–H groups in total. The Morgan fingerprint density at radius 3 is 2.84 bits per heavy atom. The lowest BCUT2D eigenvalue weighted by Gasteiger charge is -2.29. The molecule has 1 aliphatic rings. The maximum absolute atomic E-state index is 13.7. The van der Waals surface area contributed by atoms with Crippen molar-refractivity contribution in [3.63, 3.8) is 0 Å². The van der Waals surface area contributed by atoms with E-state index >= 15 is 0 Å². The predicted molar refractivity (Wildman–Crippen MR) is 65.6 cm³/mol. The van der Waals surface area contributed by atoms with Gasteiger partial charge in [0.2, 0.25) is 0 Å². The predicted octanol–water partition coefficient (Wildman–Crippen LogP) is 2.18. The molecule has 0 bridgehead atoms. The number of carbonyl (C=O) groups is 2. The number of thioether (sulfide) groups is 1. The van der Waals surface area contributed by atoms with E-state index in [-0.39, 0.29) is 23.5 Å². The van der Waals surface area contributed by atoms with Gasteiger partial charge in [-0.15, -0.1) is 11.8 Å². The zero-order chi connectivity index (χ0) is 14.0. The molecule has 1 saturated heterocycles. The Balaban J connectivity index is 2.31. The summed E-state index contributed by atoms with van der Waals surface area (Å²) in [6.07, 6.45) is -1.96.